The molecule has 2 heterocycles. The molecule has 3 N–H and O–H groups in total. The van der Waals surface area contributed by atoms with Gasteiger partial charge in [0.1, 0.15) is 5.60 Å². The first kappa shape index (κ1) is 18.8. The highest BCUT2D eigenvalue weighted by Gasteiger charge is 2.35. The number of benzene rings is 1. The van der Waals surface area contributed by atoms with Gasteiger partial charge in [-0.25, -0.2) is 4.79 Å². The number of aromatic nitrogens is 1. The zero-order valence-electron chi connectivity index (χ0n) is 15.5. The number of ether oxygens (including phenoxy) is 1. The van der Waals surface area contributed by atoms with Gasteiger partial charge in [-0.2, -0.15) is 0 Å². The van der Waals surface area contributed by atoms with Crippen molar-refractivity contribution in [1.29, 1.82) is 0 Å². The lowest BCUT2D eigenvalue weighted by molar-refractivity contribution is 0.0238. The van der Waals surface area contributed by atoms with E-state index in [0.717, 1.165) is 27.5 Å². The smallest absolute Gasteiger partial charge is 0.410 e. The number of fused-ring (bicyclic) bond motifs is 1. The molecule has 0 radical (unpaired) electrons. The van der Waals surface area contributed by atoms with Crippen molar-refractivity contribution in [3.05, 3.63) is 28.9 Å². The van der Waals surface area contributed by atoms with Crippen LogP contribution in [0.3, 0.4) is 0 Å². The predicted molar refractivity (Wildman–Crippen MR) is 108 cm³/mol. The minimum atomic E-state index is -0.500. The Hall–Kier alpha value is -2.02. The minimum Gasteiger partial charge on any atom is -0.444 e. The number of nitrogen functional groups attached to an aromatic ring is 1. The van der Waals surface area contributed by atoms with E-state index in [9.17, 15) is 4.79 Å². The Bertz CT molecular complexity index is 829. The van der Waals surface area contributed by atoms with Gasteiger partial charge >= 0.3 is 6.09 Å². The van der Waals surface area contributed by atoms with Gasteiger partial charge in [-0.05, 0) is 52.3 Å². The molecule has 140 valence electrons. The van der Waals surface area contributed by atoms with Gasteiger partial charge in [-0.15, -0.1) is 0 Å². The lowest BCUT2D eigenvalue weighted by atomic mass is 10.1. The van der Waals surface area contributed by atoms with E-state index in [-0.39, 0.29) is 18.2 Å². The van der Waals surface area contributed by atoms with Crippen LogP contribution < -0.4 is 11.1 Å². The maximum atomic E-state index is 12.4. The molecule has 26 heavy (non-hydrogen) atoms. The van der Waals surface area contributed by atoms with Gasteiger partial charge in [0.25, 0.3) is 0 Å². The zero-order chi connectivity index (χ0) is 19.1. The molecule has 2 aromatic rings. The molecule has 0 aliphatic carbocycles. The summed E-state index contributed by atoms with van der Waals surface area (Å²) >= 11 is 3.50. The van der Waals surface area contributed by atoms with Gasteiger partial charge < -0.3 is 20.7 Å². The quantitative estimate of drug-likeness (QED) is 0.752. The van der Waals surface area contributed by atoms with Crippen LogP contribution in [0.4, 0.5) is 16.2 Å². The molecule has 1 aromatic carbocycles. The van der Waals surface area contributed by atoms with E-state index in [1.165, 1.54) is 0 Å². The summed E-state index contributed by atoms with van der Waals surface area (Å²) in [5.41, 5.74) is 8.01. The summed E-state index contributed by atoms with van der Waals surface area (Å²) in [6.07, 6.45) is 2.23. The summed E-state index contributed by atoms with van der Waals surface area (Å²) in [4.78, 5) is 18.6. The molecule has 6 nitrogen and oxygen atoms in total. The van der Waals surface area contributed by atoms with Gasteiger partial charge in [0.05, 0.1) is 23.1 Å². The minimum absolute atomic E-state index is 0.100. The number of amides is 1. The number of hydrogen-bond donors (Lipinski definition) is 2. The molecule has 3 rings (SSSR count). The maximum absolute atomic E-state index is 12.4. The molecule has 0 unspecified atom stereocenters. The lowest BCUT2D eigenvalue weighted by Gasteiger charge is -2.27. The molecule has 1 fully saturated rings. The Morgan fingerprint density at radius 3 is 2.85 bits per heavy atom. The van der Waals surface area contributed by atoms with Crippen LogP contribution in [0.1, 0.15) is 34.1 Å². The SMILES string of the molecule is C[C@@H]1C[C@@H](Nc2c(N)cnc3ccc(Br)cc23)CN1C(=O)OC(C)(C)C. The highest BCUT2D eigenvalue weighted by molar-refractivity contribution is 9.10. The molecular weight excluding hydrogens is 396 g/mol. The van der Waals surface area contributed by atoms with Crippen molar-refractivity contribution in [2.75, 3.05) is 17.6 Å². The number of rotatable bonds is 2. The summed E-state index contributed by atoms with van der Waals surface area (Å²) in [6.45, 7) is 8.25. The topological polar surface area (TPSA) is 80.5 Å². The number of carbonyl (C=O) groups excluding carboxylic acids is 1. The van der Waals surface area contributed by atoms with Crippen molar-refractivity contribution in [3.8, 4) is 0 Å². The zero-order valence-corrected chi connectivity index (χ0v) is 17.1. The molecule has 1 amide bonds. The molecule has 1 aromatic heterocycles. The van der Waals surface area contributed by atoms with Gasteiger partial charge in [0.15, 0.2) is 0 Å². The van der Waals surface area contributed by atoms with Crippen molar-refractivity contribution in [2.24, 2.45) is 0 Å². The van der Waals surface area contributed by atoms with E-state index >= 15 is 0 Å². The van der Waals surface area contributed by atoms with Crippen molar-refractivity contribution in [1.82, 2.24) is 9.88 Å². The largest absolute Gasteiger partial charge is 0.444 e. The van der Waals surface area contributed by atoms with Gasteiger partial charge in [-0.3, -0.25) is 4.98 Å². The normalized spacial score (nSPS) is 20.4. The fourth-order valence-electron chi connectivity index (χ4n) is 3.26. The molecule has 1 saturated heterocycles. The van der Waals surface area contributed by atoms with Crippen molar-refractivity contribution in [3.63, 3.8) is 0 Å². The second-order valence-electron chi connectivity index (χ2n) is 7.81. The third kappa shape index (κ3) is 4.03. The van der Waals surface area contributed by atoms with E-state index in [1.807, 2.05) is 45.9 Å². The molecule has 7 heteroatoms. The number of halogens is 1. The number of nitrogens with two attached hydrogens (primary N) is 1. The molecule has 2 atom stereocenters. The average Bonchev–Trinajstić information content (AvgIpc) is 2.89. The van der Waals surface area contributed by atoms with Crippen LogP contribution in [0.2, 0.25) is 0 Å². The Kier molecular flexibility index (Phi) is 5.01. The van der Waals surface area contributed by atoms with Crippen LogP contribution in [0.5, 0.6) is 0 Å². The fourth-order valence-corrected chi connectivity index (χ4v) is 3.62. The highest BCUT2D eigenvalue weighted by atomic mass is 79.9. The molecular formula is C19H25BrN4O2. The molecule has 0 saturated carbocycles. The number of anilines is 2. The first-order chi connectivity index (χ1) is 12.1. The van der Waals surface area contributed by atoms with Crippen LogP contribution in [0, 0.1) is 0 Å². The van der Waals surface area contributed by atoms with E-state index in [1.54, 1.807) is 11.1 Å². The van der Waals surface area contributed by atoms with Gasteiger partial charge in [0.2, 0.25) is 0 Å². The van der Waals surface area contributed by atoms with Crippen LogP contribution in [0.15, 0.2) is 28.9 Å². The van der Waals surface area contributed by atoms with Crippen LogP contribution >= 0.6 is 15.9 Å². The highest BCUT2D eigenvalue weighted by Crippen LogP contribution is 2.32. The summed E-state index contributed by atoms with van der Waals surface area (Å²) in [5.74, 6) is 0. The Balaban J connectivity index is 1.80. The Labute approximate surface area is 162 Å². The van der Waals surface area contributed by atoms with Crippen molar-refractivity contribution < 1.29 is 9.53 Å². The first-order valence-electron chi connectivity index (χ1n) is 8.74. The Morgan fingerprint density at radius 1 is 1.42 bits per heavy atom. The van der Waals surface area contributed by atoms with Crippen LogP contribution in [-0.4, -0.2) is 40.2 Å². The number of nitrogens with zero attached hydrogens (tertiary/aromatic N) is 2. The third-order valence-corrected chi connectivity index (χ3v) is 4.90. The van der Waals surface area contributed by atoms with Crippen molar-refractivity contribution >= 4 is 44.3 Å². The van der Waals surface area contributed by atoms with E-state index < -0.39 is 5.60 Å². The van der Waals surface area contributed by atoms with E-state index in [2.05, 4.69) is 26.2 Å². The lowest BCUT2D eigenvalue weighted by Crippen LogP contribution is -2.39. The summed E-state index contributed by atoms with van der Waals surface area (Å²) in [5, 5.41) is 4.48. The molecule has 0 spiro atoms. The summed E-state index contributed by atoms with van der Waals surface area (Å²) in [7, 11) is 0. The number of likely N-dealkylation sites (tertiary alicyclic amines) is 1. The second kappa shape index (κ2) is 6.95. The maximum Gasteiger partial charge on any atom is 0.410 e. The Morgan fingerprint density at radius 2 is 2.15 bits per heavy atom. The van der Waals surface area contributed by atoms with Crippen LogP contribution in [0.25, 0.3) is 10.9 Å². The van der Waals surface area contributed by atoms with Crippen molar-refractivity contribution in [2.45, 2.75) is 51.8 Å². The van der Waals surface area contributed by atoms with Crippen LogP contribution in [-0.2, 0) is 4.74 Å². The van der Waals surface area contributed by atoms with E-state index in [0.29, 0.717) is 12.2 Å². The number of pyridine rings is 1. The molecule has 1 aliphatic heterocycles. The molecule has 1 aliphatic rings. The van der Waals surface area contributed by atoms with Gasteiger partial charge in [-0.1, -0.05) is 15.9 Å². The number of nitrogens with one attached hydrogen (secondary N) is 1. The number of hydrogen-bond acceptors (Lipinski definition) is 5. The van der Waals surface area contributed by atoms with Gasteiger partial charge in [0, 0.05) is 28.5 Å². The predicted octanol–water partition coefficient (Wildman–Crippen LogP) is 4.39. The molecule has 0 bridgehead atoms. The number of carbonyl (C=O) groups is 1. The average molecular weight is 421 g/mol. The monoisotopic (exact) mass is 420 g/mol. The first-order valence-corrected chi connectivity index (χ1v) is 9.53. The third-order valence-electron chi connectivity index (χ3n) is 4.41. The standard InChI is InChI=1S/C19H25BrN4O2/c1-11-7-13(10-24(11)18(25)26-19(2,3)4)23-17-14-8-12(20)5-6-16(14)22-9-15(17)21/h5-6,8-9,11,13H,7,10,21H2,1-4H3,(H,22,23)/t11-,13-/m1/s1. The fraction of sp³-hybridized carbons (Fsp3) is 0.474. The van der Waals surface area contributed by atoms with E-state index in [4.69, 9.17) is 10.5 Å². The summed E-state index contributed by atoms with van der Waals surface area (Å²) in [6, 6.07) is 6.11. The second-order valence-corrected chi connectivity index (χ2v) is 8.72. The summed E-state index contributed by atoms with van der Waals surface area (Å²) < 4.78 is 6.49.